The van der Waals surface area contributed by atoms with Crippen LogP contribution in [0.15, 0.2) is 24.3 Å². The van der Waals surface area contributed by atoms with E-state index in [0.717, 1.165) is 0 Å². The molecular formula is C11H8ClNO2. The van der Waals surface area contributed by atoms with Crippen LogP contribution >= 0.6 is 11.6 Å². The highest BCUT2D eigenvalue weighted by Gasteiger charge is 1.99. The molecule has 0 saturated heterocycles. The first kappa shape index (κ1) is 11.3. The molecule has 0 heterocycles. The average Bonchev–Trinajstić information content (AvgIpc) is 2.19. The van der Waals surface area contributed by atoms with Crippen molar-refractivity contribution in [3.63, 3.8) is 0 Å². The number of hydrogen-bond acceptors (Lipinski definition) is 2. The molecule has 4 heteroatoms. The molecule has 0 aliphatic rings. The summed E-state index contributed by atoms with van der Waals surface area (Å²) < 4.78 is 0. The molecule has 0 aliphatic heterocycles. The summed E-state index contributed by atoms with van der Waals surface area (Å²) >= 11 is 5.71. The number of halogens is 1. The Bertz CT molecular complexity index is 446. The van der Waals surface area contributed by atoms with Crippen molar-refractivity contribution in [2.45, 2.75) is 6.42 Å². The van der Waals surface area contributed by atoms with Crippen molar-refractivity contribution in [1.29, 1.82) is 5.26 Å². The minimum atomic E-state index is -0.904. The van der Waals surface area contributed by atoms with E-state index in [1.807, 2.05) is 6.07 Å². The van der Waals surface area contributed by atoms with Crippen molar-refractivity contribution in [1.82, 2.24) is 0 Å². The van der Waals surface area contributed by atoms with Crippen molar-refractivity contribution in [2.24, 2.45) is 0 Å². The lowest BCUT2D eigenvalue weighted by Gasteiger charge is -1.97. The van der Waals surface area contributed by atoms with Gasteiger partial charge in [-0.1, -0.05) is 29.8 Å². The zero-order valence-electron chi connectivity index (χ0n) is 7.77. The summed E-state index contributed by atoms with van der Waals surface area (Å²) in [7, 11) is 0. The normalized spacial score (nSPS) is 10.1. The van der Waals surface area contributed by atoms with Gasteiger partial charge in [-0.2, -0.15) is 5.26 Å². The number of hydrogen-bond donors (Lipinski definition) is 1. The fourth-order valence-electron chi connectivity index (χ4n) is 1.06. The summed E-state index contributed by atoms with van der Waals surface area (Å²) in [5.74, 6) is -0.904. The van der Waals surface area contributed by atoms with Crippen LogP contribution in [0.2, 0.25) is 5.02 Å². The highest BCUT2D eigenvalue weighted by atomic mass is 35.5. The second kappa shape index (κ2) is 5.18. The molecular weight excluding hydrogens is 214 g/mol. The van der Waals surface area contributed by atoms with Crippen LogP contribution in [0.25, 0.3) is 6.08 Å². The number of carbonyl (C=O) groups is 1. The van der Waals surface area contributed by atoms with Gasteiger partial charge < -0.3 is 5.11 Å². The number of nitrogens with zero attached hydrogens (tertiary/aromatic N) is 1. The first-order valence-corrected chi connectivity index (χ1v) is 4.59. The highest BCUT2D eigenvalue weighted by Crippen LogP contribution is 2.16. The van der Waals surface area contributed by atoms with Crippen LogP contribution < -0.4 is 0 Å². The fraction of sp³-hybridized carbons (Fsp3) is 0.0909. The monoisotopic (exact) mass is 221 g/mol. The number of benzene rings is 1. The van der Waals surface area contributed by atoms with Gasteiger partial charge in [0.15, 0.2) is 0 Å². The van der Waals surface area contributed by atoms with Crippen LogP contribution in [0, 0.1) is 11.3 Å². The Labute approximate surface area is 92.2 Å². The van der Waals surface area contributed by atoms with Crippen LogP contribution in [-0.2, 0) is 4.79 Å². The van der Waals surface area contributed by atoms with Crippen molar-refractivity contribution >= 4 is 23.6 Å². The topological polar surface area (TPSA) is 61.1 Å². The van der Waals surface area contributed by atoms with Crippen molar-refractivity contribution in [3.8, 4) is 6.07 Å². The van der Waals surface area contributed by atoms with Gasteiger partial charge in [0.2, 0.25) is 0 Å². The number of carboxylic acid groups (broad SMARTS) is 1. The molecule has 0 amide bonds. The van der Waals surface area contributed by atoms with Gasteiger partial charge >= 0.3 is 5.97 Å². The predicted octanol–water partition coefficient (Wildman–Crippen LogP) is 2.70. The molecule has 0 bridgehead atoms. The van der Waals surface area contributed by atoms with Gasteiger partial charge in [0.1, 0.15) is 0 Å². The Morgan fingerprint density at radius 3 is 2.93 bits per heavy atom. The van der Waals surface area contributed by atoms with E-state index in [0.29, 0.717) is 16.1 Å². The van der Waals surface area contributed by atoms with Crippen molar-refractivity contribution < 1.29 is 9.90 Å². The second-order valence-corrected chi connectivity index (χ2v) is 3.28. The molecule has 0 spiro atoms. The lowest BCUT2D eigenvalue weighted by molar-refractivity contribution is -0.135. The Morgan fingerprint density at radius 2 is 2.33 bits per heavy atom. The Balaban J connectivity index is 2.91. The van der Waals surface area contributed by atoms with E-state index in [1.165, 1.54) is 6.08 Å². The Kier molecular flexibility index (Phi) is 3.90. The number of aliphatic carboxylic acids is 1. The van der Waals surface area contributed by atoms with Gasteiger partial charge in [-0.05, 0) is 17.7 Å². The lowest BCUT2D eigenvalue weighted by Crippen LogP contribution is -1.90. The number of nitriles is 1. The van der Waals surface area contributed by atoms with Crippen molar-refractivity contribution in [3.05, 3.63) is 40.4 Å². The Hall–Kier alpha value is -1.79. The molecule has 3 nitrogen and oxygen atoms in total. The minimum absolute atomic E-state index is 0.0620. The molecule has 1 rings (SSSR count). The van der Waals surface area contributed by atoms with Crippen LogP contribution in [0.1, 0.15) is 17.5 Å². The molecule has 0 aliphatic carbocycles. The molecule has 0 radical (unpaired) electrons. The first-order valence-electron chi connectivity index (χ1n) is 4.21. The van der Waals surface area contributed by atoms with Crippen LogP contribution in [0.3, 0.4) is 0 Å². The van der Waals surface area contributed by atoms with E-state index >= 15 is 0 Å². The van der Waals surface area contributed by atoms with E-state index in [2.05, 4.69) is 0 Å². The maximum Gasteiger partial charge on any atom is 0.307 e. The maximum atomic E-state index is 10.3. The standard InChI is InChI=1S/C11H8ClNO2/c12-10-5-4-8(9(6-10)7-13)2-1-3-11(14)15/h1-2,4-6H,3H2,(H,14,15). The predicted molar refractivity (Wildman–Crippen MR) is 57.5 cm³/mol. The summed E-state index contributed by atoms with van der Waals surface area (Å²) in [5.41, 5.74) is 1.10. The summed E-state index contributed by atoms with van der Waals surface area (Å²) in [4.78, 5) is 10.3. The SMILES string of the molecule is N#Cc1cc(Cl)ccc1C=CCC(=O)O. The van der Waals surface area contributed by atoms with Crippen LogP contribution in [-0.4, -0.2) is 11.1 Å². The van der Waals surface area contributed by atoms with Gasteiger partial charge in [-0.15, -0.1) is 0 Å². The van der Waals surface area contributed by atoms with E-state index in [1.54, 1.807) is 24.3 Å². The highest BCUT2D eigenvalue weighted by molar-refractivity contribution is 6.30. The molecule has 0 unspecified atom stereocenters. The zero-order valence-corrected chi connectivity index (χ0v) is 8.53. The van der Waals surface area contributed by atoms with Gasteiger partial charge in [0, 0.05) is 5.02 Å². The summed E-state index contributed by atoms with van der Waals surface area (Å²) in [6.07, 6.45) is 3.03. The number of rotatable bonds is 3. The Morgan fingerprint density at radius 1 is 1.60 bits per heavy atom. The molecule has 15 heavy (non-hydrogen) atoms. The maximum absolute atomic E-state index is 10.3. The average molecular weight is 222 g/mol. The second-order valence-electron chi connectivity index (χ2n) is 2.84. The third-order valence-electron chi connectivity index (χ3n) is 1.73. The van der Waals surface area contributed by atoms with Crippen LogP contribution in [0.5, 0.6) is 0 Å². The zero-order chi connectivity index (χ0) is 11.3. The molecule has 0 aromatic heterocycles. The van der Waals surface area contributed by atoms with E-state index < -0.39 is 5.97 Å². The summed E-state index contributed by atoms with van der Waals surface area (Å²) in [5, 5.41) is 17.7. The number of carboxylic acids is 1. The first-order chi connectivity index (χ1) is 7.13. The largest absolute Gasteiger partial charge is 0.481 e. The molecule has 76 valence electrons. The molecule has 0 atom stereocenters. The third-order valence-corrected chi connectivity index (χ3v) is 1.96. The van der Waals surface area contributed by atoms with E-state index in [9.17, 15) is 4.79 Å². The molecule has 1 N–H and O–H groups in total. The summed E-state index contributed by atoms with van der Waals surface area (Å²) in [6.45, 7) is 0. The van der Waals surface area contributed by atoms with Gasteiger partial charge in [-0.25, -0.2) is 0 Å². The van der Waals surface area contributed by atoms with E-state index in [-0.39, 0.29) is 6.42 Å². The smallest absolute Gasteiger partial charge is 0.307 e. The molecule has 1 aromatic carbocycles. The quantitative estimate of drug-likeness (QED) is 0.854. The van der Waals surface area contributed by atoms with Gasteiger partial charge in [0.25, 0.3) is 0 Å². The van der Waals surface area contributed by atoms with Crippen molar-refractivity contribution in [2.75, 3.05) is 0 Å². The molecule has 0 fully saturated rings. The van der Waals surface area contributed by atoms with Crippen LogP contribution in [0.4, 0.5) is 0 Å². The minimum Gasteiger partial charge on any atom is -0.481 e. The third kappa shape index (κ3) is 3.45. The molecule has 1 aromatic rings. The van der Waals surface area contributed by atoms with Gasteiger partial charge in [0.05, 0.1) is 18.1 Å². The van der Waals surface area contributed by atoms with E-state index in [4.69, 9.17) is 22.0 Å². The lowest BCUT2D eigenvalue weighted by atomic mass is 10.1. The summed E-state index contributed by atoms with van der Waals surface area (Å²) in [6, 6.07) is 6.87. The van der Waals surface area contributed by atoms with Gasteiger partial charge in [-0.3, -0.25) is 4.79 Å². The molecule has 0 saturated carbocycles. The fourth-order valence-corrected chi connectivity index (χ4v) is 1.23.